The van der Waals surface area contributed by atoms with Crippen LogP contribution in [-0.4, -0.2) is 81.8 Å². The molecule has 6 atom stereocenters. The van der Waals surface area contributed by atoms with Crippen molar-refractivity contribution in [3.05, 3.63) is 0 Å². The smallest absolute Gasteiger partial charge is 0.303 e. The molecule has 11 nitrogen and oxygen atoms in total. The van der Waals surface area contributed by atoms with Crippen molar-refractivity contribution in [3.63, 3.8) is 0 Å². The van der Waals surface area contributed by atoms with Crippen molar-refractivity contribution in [1.82, 2.24) is 9.62 Å². The highest BCUT2D eigenvalue weighted by molar-refractivity contribution is 7.83. The molecule has 0 radical (unpaired) electrons. The van der Waals surface area contributed by atoms with Gasteiger partial charge in [0.1, 0.15) is 29.7 Å². The summed E-state index contributed by atoms with van der Waals surface area (Å²) in [5.74, 6) is -2.48. The molecule has 0 aliphatic carbocycles. The summed E-state index contributed by atoms with van der Waals surface area (Å²) in [4.78, 5) is 46.6. The molecule has 1 rings (SSSR count). The van der Waals surface area contributed by atoms with Crippen LogP contribution in [0.4, 0.5) is 0 Å². The Morgan fingerprint density at radius 2 is 1.47 bits per heavy atom. The average molecular weight is 451 g/mol. The Balaban J connectivity index is 3.44. The van der Waals surface area contributed by atoms with Gasteiger partial charge in [0.2, 0.25) is 5.91 Å². The van der Waals surface area contributed by atoms with Crippen molar-refractivity contribution in [3.8, 4) is 0 Å². The van der Waals surface area contributed by atoms with E-state index in [1.54, 1.807) is 18.2 Å². The summed E-state index contributed by atoms with van der Waals surface area (Å²) >= 11 is 0. The second-order valence-corrected chi connectivity index (χ2v) is 8.14. The highest BCUT2D eigenvalue weighted by Gasteiger charge is 2.53. The highest BCUT2D eigenvalue weighted by atomic mass is 32.2. The van der Waals surface area contributed by atoms with E-state index < -0.39 is 64.6 Å². The molecular formula is C18H30N2O9S. The number of carbonyl (C=O) groups excluding carboxylic acids is 4. The summed E-state index contributed by atoms with van der Waals surface area (Å²) in [5, 5.41) is 2.60. The van der Waals surface area contributed by atoms with E-state index in [0.29, 0.717) is 13.1 Å². The fourth-order valence-corrected chi connectivity index (χ4v) is 4.60. The first kappa shape index (κ1) is 26.0. The van der Waals surface area contributed by atoms with Crippen LogP contribution in [0.5, 0.6) is 0 Å². The van der Waals surface area contributed by atoms with Crippen molar-refractivity contribution in [2.75, 3.05) is 19.7 Å². The minimum absolute atomic E-state index is 0.330. The van der Waals surface area contributed by atoms with E-state index in [9.17, 15) is 23.4 Å². The van der Waals surface area contributed by atoms with Crippen LogP contribution in [0.2, 0.25) is 0 Å². The third-order valence-corrected chi connectivity index (χ3v) is 6.06. The first-order valence-corrected chi connectivity index (χ1v) is 10.7. The number of hydrogen-bond donors (Lipinski definition) is 1. The monoisotopic (exact) mass is 450 g/mol. The predicted octanol–water partition coefficient (Wildman–Crippen LogP) is -0.352. The molecule has 0 saturated carbocycles. The highest BCUT2D eigenvalue weighted by Crippen LogP contribution is 2.29. The number of rotatable bonds is 9. The first-order chi connectivity index (χ1) is 14.0. The Morgan fingerprint density at radius 1 is 0.933 bits per heavy atom. The quantitative estimate of drug-likeness (QED) is 0.369. The molecule has 0 bridgehead atoms. The Kier molecular flexibility index (Phi) is 10.4. The molecule has 1 aliphatic heterocycles. The van der Waals surface area contributed by atoms with Gasteiger partial charge in [-0.15, -0.1) is 0 Å². The van der Waals surface area contributed by atoms with Crippen molar-refractivity contribution < 1.29 is 42.3 Å². The van der Waals surface area contributed by atoms with Crippen molar-refractivity contribution in [2.24, 2.45) is 0 Å². The van der Waals surface area contributed by atoms with Crippen LogP contribution < -0.4 is 5.32 Å². The van der Waals surface area contributed by atoms with Gasteiger partial charge in [-0.05, 0) is 0 Å². The van der Waals surface area contributed by atoms with Crippen LogP contribution in [0.25, 0.3) is 0 Å². The zero-order chi connectivity index (χ0) is 23.0. The van der Waals surface area contributed by atoms with Crippen molar-refractivity contribution >= 4 is 34.8 Å². The van der Waals surface area contributed by atoms with Gasteiger partial charge in [0.25, 0.3) is 0 Å². The number of ether oxygens (including phenoxy) is 4. The fourth-order valence-electron chi connectivity index (χ4n) is 3.09. The molecular weight excluding hydrogens is 420 g/mol. The Bertz CT molecular complexity index is 668. The molecule has 0 aromatic heterocycles. The van der Waals surface area contributed by atoms with Gasteiger partial charge in [0.15, 0.2) is 17.6 Å². The molecule has 1 amide bonds. The largest absolute Gasteiger partial charge is 0.463 e. The van der Waals surface area contributed by atoms with Gasteiger partial charge in [-0.2, -0.15) is 0 Å². The SMILES string of the molecule is CCN(CC)[S@@](=O)[C@H]1O[C@H](COC(C)=O)[C@@H](OC(C)=O)[C@H](OC(C)=O)[C@H]1NC(C)=O. The summed E-state index contributed by atoms with van der Waals surface area (Å²) in [6.45, 7) is 8.88. The minimum Gasteiger partial charge on any atom is -0.463 e. The van der Waals surface area contributed by atoms with Gasteiger partial charge in [-0.3, -0.25) is 19.2 Å². The van der Waals surface area contributed by atoms with Crippen LogP contribution in [-0.2, 0) is 49.1 Å². The zero-order valence-electron chi connectivity index (χ0n) is 18.0. The third kappa shape index (κ3) is 7.33. The Hall–Kier alpha value is -2.05. The lowest BCUT2D eigenvalue weighted by Crippen LogP contribution is -2.67. The van der Waals surface area contributed by atoms with Crippen LogP contribution >= 0.6 is 0 Å². The van der Waals surface area contributed by atoms with Crippen molar-refractivity contribution in [2.45, 2.75) is 71.3 Å². The Labute approximate surface area is 178 Å². The second kappa shape index (κ2) is 12.0. The van der Waals surface area contributed by atoms with E-state index in [-0.39, 0.29) is 6.61 Å². The fraction of sp³-hybridized carbons (Fsp3) is 0.778. The maximum absolute atomic E-state index is 13.2. The molecule has 0 unspecified atom stereocenters. The second-order valence-electron chi connectivity index (χ2n) is 6.61. The number of carbonyl (C=O) groups is 4. The number of nitrogens with one attached hydrogen (secondary N) is 1. The summed E-state index contributed by atoms with van der Waals surface area (Å²) in [6, 6.07) is -1.08. The molecule has 0 aromatic rings. The maximum Gasteiger partial charge on any atom is 0.303 e. The molecule has 1 fully saturated rings. The van der Waals surface area contributed by atoms with E-state index in [1.165, 1.54) is 13.8 Å². The maximum atomic E-state index is 13.2. The molecule has 172 valence electrons. The molecule has 0 aromatic carbocycles. The molecule has 0 spiro atoms. The Morgan fingerprint density at radius 3 is 1.90 bits per heavy atom. The first-order valence-electron chi connectivity index (χ1n) is 9.57. The number of esters is 3. The molecule has 1 aliphatic rings. The lowest BCUT2D eigenvalue weighted by atomic mass is 9.97. The third-order valence-electron chi connectivity index (χ3n) is 4.23. The number of amides is 1. The van der Waals surface area contributed by atoms with E-state index in [2.05, 4.69) is 5.32 Å². The summed E-state index contributed by atoms with van der Waals surface area (Å²) in [5.41, 5.74) is -1.15. The molecule has 30 heavy (non-hydrogen) atoms. The minimum atomic E-state index is -1.76. The van der Waals surface area contributed by atoms with Gasteiger partial charge < -0.3 is 24.3 Å². The van der Waals surface area contributed by atoms with E-state index in [0.717, 1.165) is 13.8 Å². The molecule has 1 saturated heterocycles. The van der Waals surface area contributed by atoms with E-state index >= 15 is 0 Å². The molecule has 12 heteroatoms. The van der Waals surface area contributed by atoms with Crippen LogP contribution in [0.1, 0.15) is 41.5 Å². The molecule has 1 N–H and O–H groups in total. The normalized spacial score (nSPS) is 27.1. The zero-order valence-corrected chi connectivity index (χ0v) is 18.9. The lowest BCUT2D eigenvalue weighted by Gasteiger charge is -2.45. The summed E-state index contributed by atoms with van der Waals surface area (Å²) in [7, 11) is -1.76. The van der Waals surface area contributed by atoms with Gasteiger partial charge in [0, 0.05) is 40.8 Å². The van der Waals surface area contributed by atoms with Crippen LogP contribution in [0.3, 0.4) is 0 Å². The van der Waals surface area contributed by atoms with Crippen molar-refractivity contribution in [1.29, 1.82) is 0 Å². The number of hydrogen-bond acceptors (Lipinski definition) is 9. The summed E-state index contributed by atoms with van der Waals surface area (Å²) < 4.78 is 36.4. The van der Waals surface area contributed by atoms with Gasteiger partial charge in [-0.25, -0.2) is 8.51 Å². The predicted molar refractivity (Wildman–Crippen MR) is 105 cm³/mol. The lowest BCUT2D eigenvalue weighted by molar-refractivity contribution is -0.212. The van der Waals surface area contributed by atoms with E-state index in [1.807, 2.05) is 0 Å². The topological polar surface area (TPSA) is 138 Å². The number of nitrogens with zero attached hydrogens (tertiary/aromatic N) is 1. The average Bonchev–Trinajstić information content (AvgIpc) is 2.63. The standard InChI is InChI=1S/C18H30N2O9S/c1-7-20(8-2)30(25)18-15(19-10(3)21)17(28-13(6)24)16(27-12(5)23)14(29-18)9-26-11(4)22/h14-18H,7-9H2,1-6H3,(H,19,21)/t14-,15-,16-,17-,18-,30+/m1/s1. The van der Waals surface area contributed by atoms with Gasteiger partial charge in [-0.1, -0.05) is 13.8 Å². The molecule has 1 heterocycles. The van der Waals surface area contributed by atoms with Gasteiger partial charge >= 0.3 is 17.9 Å². The van der Waals surface area contributed by atoms with E-state index in [4.69, 9.17) is 18.9 Å². The van der Waals surface area contributed by atoms with Crippen LogP contribution in [0.15, 0.2) is 0 Å². The van der Waals surface area contributed by atoms with Gasteiger partial charge in [0.05, 0.1) is 0 Å². The van der Waals surface area contributed by atoms with Crippen LogP contribution in [0, 0.1) is 0 Å². The summed E-state index contributed by atoms with van der Waals surface area (Å²) in [6.07, 6.45) is -3.49.